The van der Waals surface area contributed by atoms with E-state index < -0.39 is 0 Å². The highest BCUT2D eigenvalue weighted by Crippen LogP contribution is 2.25. The topological polar surface area (TPSA) is 38.7 Å². The minimum Gasteiger partial charge on any atom is -0.393 e. The molecule has 3 unspecified atom stereocenters. The van der Waals surface area contributed by atoms with Crippen LogP contribution in [-0.4, -0.2) is 30.2 Å². The predicted molar refractivity (Wildman–Crippen MR) is 48.3 cm³/mol. The summed E-state index contributed by atoms with van der Waals surface area (Å²) in [7, 11) is 0. The third kappa shape index (κ3) is 2.66. The predicted octanol–water partition coefficient (Wildman–Crippen LogP) is 1.44. The number of rotatable bonds is 2. The molecule has 1 saturated heterocycles. The van der Waals surface area contributed by atoms with Gasteiger partial charge in [0.05, 0.1) is 12.2 Å². The second-order valence-corrected chi connectivity index (χ2v) is 4.02. The van der Waals surface area contributed by atoms with Gasteiger partial charge in [-0.15, -0.1) is 0 Å². The van der Waals surface area contributed by atoms with Gasteiger partial charge >= 0.3 is 0 Å². The average molecular weight is 186 g/mol. The highest BCUT2D eigenvalue weighted by molar-refractivity contribution is 4.75. The highest BCUT2D eigenvalue weighted by atomic mass is 16.7. The lowest BCUT2D eigenvalue weighted by atomic mass is 10.2. The van der Waals surface area contributed by atoms with Gasteiger partial charge in [0, 0.05) is 6.61 Å². The Kier molecular flexibility index (Phi) is 3.19. The third-order valence-electron chi connectivity index (χ3n) is 2.84. The number of hydrogen-bond acceptors (Lipinski definition) is 3. The molecule has 2 rings (SSSR count). The van der Waals surface area contributed by atoms with Gasteiger partial charge in [0.25, 0.3) is 0 Å². The van der Waals surface area contributed by atoms with Crippen LogP contribution in [0.5, 0.6) is 0 Å². The molecule has 3 atom stereocenters. The first kappa shape index (κ1) is 9.44. The number of hydrogen-bond donors (Lipinski definition) is 1. The minimum absolute atomic E-state index is 0.00375. The van der Waals surface area contributed by atoms with Crippen molar-refractivity contribution in [1.82, 2.24) is 0 Å². The maximum Gasteiger partial charge on any atom is 0.157 e. The third-order valence-corrected chi connectivity index (χ3v) is 2.84. The van der Waals surface area contributed by atoms with Crippen LogP contribution in [0.3, 0.4) is 0 Å². The molecule has 1 N–H and O–H groups in total. The summed E-state index contributed by atoms with van der Waals surface area (Å²) in [6.45, 7) is 0.833. The van der Waals surface area contributed by atoms with Gasteiger partial charge in [-0.2, -0.15) is 0 Å². The van der Waals surface area contributed by atoms with E-state index in [9.17, 15) is 5.11 Å². The van der Waals surface area contributed by atoms with E-state index in [4.69, 9.17) is 9.47 Å². The van der Waals surface area contributed by atoms with Gasteiger partial charge in [-0.25, -0.2) is 0 Å². The van der Waals surface area contributed by atoms with Crippen LogP contribution >= 0.6 is 0 Å². The lowest BCUT2D eigenvalue weighted by Crippen LogP contribution is -2.26. The number of aliphatic hydroxyl groups excluding tert-OH is 1. The Balaban J connectivity index is 1.71. The summed E-state index contributed by atoms with van der Waals surface area (Å²) in [6, 6.07) is 0. The molecule has 1 aliphatic heterocycles. The number of ether oxygens (including phenoxy) is 2. The van der Waals surface area contributed by atoms with Crippen molar-refractivity contribution in [3.8, 4) is 0 Å². The largest absolute Gasteiger partial charge is 0.393 e. The second-order valence-electron chi connectivity index (χ2n) is 4.02. The molecular formula is C10H18O3. The first-order valence-electron chi connectivity index (χ1n) is 5.30. The van der Waals surface area contributed by atoms with Crippen molar-refractivity contribution in [2.24, 2.45) is 0 Å². The monoisotopic (exact) mass is 186 g/mol. The SMILES string of the molecule is OC1CCC(OC2CCCCO2)C1. The molecule has 0 bridgehead atoms. The van der Waals surface area contributed by atoms with Crippen LogP contribution in [0.25, 0.3) is 0 Å². The van der Waals surface area contributed by atoms with Crippen molar-refractivity contribution in [3.63, 3.8) is 0 Å². The zero-order chi connectivity index (χ0) is 9.10. The van der Waals surface area contributed by atoms with E-state index >= 15 is 0 Å². The molecule has 0 aromatic rings. The maximum atomic E-state index is 9.31. The minimum atomic E-state index is -0.145. The maximum absolute atomic E-state index is 9.31. The zero-order valence-electron chi connectivity index (χ0n) is 7.95. The van der Waals surface area contributed by atoms with Gasteiger partial charge in [0.1, 0.15) is 0 Å². The van der Waals surface area contributed by atoms with Crippen molar-refractivity contribution in [3.05, 3.63) is 0 Å². The molecule has 13 heavy (non-hydrogen) atoms. The lowest BCUT2D eigenvalue weighted by Gasteiger charge is -2.25. The molecule has 0 aromatic heterocycles. The average Bonchev–Trinajstić information content (AvgIpc) is 2.53. The normalized spacial score (nSPS) is 40.8. The van der Waals surface area contributed by atoms with E-state index in [2.05, 4.69) is 0 Å². The molecule has 1 heterocycles. The van der Waals surface area contributed by atoms with Crippen LogP contribution in [-0.2, 0) is 9.47 Å². The second kappa shape index (κ2) is 4.40. The fourth-order valence-corrected chi connectivity index (χ4v) is 2.07. The molecule has 0 amide bonds. The first-order chi connectivity index (χ1) is 6.34. The van der Waals surface area contributed by atoms with E-state index in [0.717, 1.165) is 38.7 Å². The molecule has 76 valence electrons. The molecule has 0 spiro atoms. The Labute approximate surface area is 79.0 Å². The van der Waals surface area contributed by atoms with E-state index in [0.29, 0.717) is 0 Å². The van der Waals surface area contributed by atoms with Gasteiger partial charge in [-0.1, -0.05) is 0 Å². The fraction of sp³-hybridized carbons (Fsp3) is 1.00. The van der Waals surface area contributed by atoms with E-state index in [1.54, 1.807) is 0 Å². The fourth-order valence-electron chi connectivity index (χ4n) is 2.07. The molecule has 1 aliphatic carbocycles. The van der Waals surface area contributed by atoms with Crippen molar-refractivity contribution < 1.29 is 14.6 Å². The molecule has 2 fully saturated rings. The van der Waals surface area contributed by atoms with Crippen LogP contribution < -0.4 is 0 Å². The van der Waals surface area contributed by atoms with Crippen LogP contribution in [0.15, 0.2) is 0 Å². The lowest BCUT2D eigenvalue weighted by molar-refractivity contribution is -0.187. The molecule has 3 heteroatoms. The Morgan fingerprint density at radius 3 is 2.69 bits per heavy atom. The summed E-state index contributed by atoms with van der Waals surface area (Å²) < 4.78 is 11.2. The van der Waals surface area contributed by atoms with E-state index in [1.165, 1.54) is 6.42 Å². The Bertz CT molecular complexity index is 151. The standard InChI is InChI=1S/C10H18O3/c11-8-4-5-9(7-8)13-10-3-1-2-6-12-10/h8-11H,1-7H2. The summed E-state index contributed by atoms with van der Waals surface area (Å²) >= 11 is 0. The van der Waals surface area contributed by atoms with Gasteiger partial charge in [-0.05, 0) is 38.5 Å². The highest BCUT2D eigenvalue weighted by Gasteiger charge is 2.27. The summed E-state index contributed by atoms with van der Waals surface area (Å²) in [6.07, 6.45) is 6.15. The summed E-state index contributed by atoms with van der Waals surface area (Å²) in [4.78, 5) is 0. The van der Waals surface area contributed by atoms with E-state index in [1.807, 2.05) is 0 Å². The molecule has 3 nitrogen and oxygen atoms in total. The van der Waals surface area contributed by atoms with Gasteiger partial charge in [0.15, 0.2) is 6.29 Å². The Morgan fingerprint density at radius 1 is 1.15 bits per heavy atom. The van der Waals surface area contributed by atoms with Crippen LogP contribution in [0.1, 0.15) is 38.5 Å². The Morgan fingerprint density at radius 2 is 2.08 bits per heavy atom. The van der Waals surface area contributed by atoms with Gasteiger partial charge < -0.3 is 14.6 Å². The Hall–Kier alpha value is -0.120. The smallest absolute Gasteiger partial charge is 0.157 e. The van der Waals surface area contributed by atoms with Crippen molar-refractivity contribution in [1.29, 1.82) is 0 Å². The molecule has 0 radical (unpaired) electrons. The van der Waals surface area contributed by atoms with Crippen LogP contribution in [0, 0.1) is 0 Å². The first-order valence-corrected chi connectivity index (χ1v) is 5.30. The van der Waals surface area contributed by atoms with Gasteiger partial charge in [-0.3, -0.25) is 0 Å². The molecular weight excluding hydrogens is 168 g/mol. The number of aliphatic hydroxyl groups is 1. The zero-order valence-corrected chi connectivity index (χ0v) is 7.95. The van der Waals surface area contributed by atoms with Crippen LogP contribution in [0.2, 0.25) is 0 Å². The molecule has 1 saturated carbocycles. The summed E-state index contributed by atoms with van der Waals surface area (Å²) in [5, 5.41) is 9.31. The van der Waals surface area contributed by atoms with Gasteiger partial charge in [0.2, 0.25) is 0 Å². The van der Waals surface area contributed by atoms with Crippen LogP contribution in [0.4, 0.5) is 0 Å². The van der Waals surface area contributed by atoms with E-state index in [-0.39, 0.29) is 18.5 Å². The van der Waals surface area contributed by atoms with Crippen molar-refractivity contribution >= 4 is 0 Å². The molecule has 0 aromatic carbocycles. The van der Waals surface area contributed by atoms with Crippen molar-refractivity contribution in [2.75, 3.05) is 6.61 Å². The summed E-state index contributed by atoms with van der Waals surface area (Å²) in [5.41, 5.74) is 0. The van der Waals surface area contributed by atoms with Crippen molar-refractivity contribution in [2.45, 2.75) is 57.0 Å². The quantitative estimate of drug-likeness (QED) is 0.709. The summed E-state index contributed by atoms with van der Waals surface area (Å²) in [5.74, 6) is 0. The molecule has 2 aliphatic rings.